The van der Waals surface area contributed by atoms with E-state index in [1.807, 2.05) is 6.07 Å². The van der Waals surface area contributed by atoms with Crippen molar-refractivity contribution in [1.82, 2.24) is 14.8 Å². The molecule has 1 aliphatic rings. The lowest BCUT2D eigenvalue weighted by Crippen LogP contribution is -2.27. The standard InChI is InChI=1S/C14H11F3N6O/c1-24-9-5-3-2-4-7(9)10-8(6-18)11(19)23-13(20-10)21-12(22-23)14(15,16)17/h2-5,10H,19H2,1H3,(H,20,21,22)/t10-/m1/s1. The van der Waals surface area contributed by atoms with Crippen LogP contribution in [0.5, 0.6) is 5.75 Å². The molecule has 0 bridgehead atoms. The first-order chi connectivity index (χ1) is 11.4. The number of ether oxygens (including phenoxy) is 1. The van der Waals surface area contributed by atoms with Gasteiger partial charge in [0, 0.05) is 5.56 Å². The highest BCUT2D eigenvalue weighted by atomic mass is 19.4. The van der Waals surface area contributed by atoms with E-state index in [9.17, 15) is 18.4 Å². The van der Waals surface area contributed by atoms with Crippen LogP contribution >= 0.6 is 0 Å². The molecule has 0 fully saturated rings. The Balaban J connectivity index is 2.14. The van der Waals surface area contributed by atoms with Crippen LogP contribution in [0.1, 0.15) is 17.4 Å². The molecule has 3 rings (SSSR count). The maximum Gasteiger partial charge on any atom is 0.453 e. The van der Waals surface area contributed by atoms with E-state index >= 15 is 0 Å². The van der Waals surface area contributed by atoms with Crippen molar-refractivity contribution in [1.29, 1.82) is 5.26 Å². The third-order valence-electron chi connectivity index (χ3n) is 3.50. The Morgan fingerprint density at radius 3 is 2.71 bits per heavy atom. The molecule has 3 N–H and O–H groups in total. The summed E-state index contributed by atoms with van der Waals surface area (Å²) in [6.07, 6.45) is -4.72. The number of hydrogen-bond donors (Lipinski definition) is 2. The molecular weight excluding hydrogens is 325 g/mol. The second-order valence-corrected chi connectivity index (χ2v) is 4.90. The second kappa shape index (κ2) is 5.45. The predicted octanol–water partition coefficient (Wildman–Crippen LogP) is 2.12. The van der Waals surface area contributed by atoms with E-state index in [1.54, 1.807) is 24.3 Å². The zero-order valence-electron chi connectivity index (χ0n) is 12.3. The number of methoxy groups -OCH3 is 1. The Kier molecular flexibility index (Phi) is 3.56. The van der Waals surface area contributed by atoms with Gasteiger partial charge in [0.05, 0.1) is 18.7 Å². The predicted molar refractivity (Wildman–Crippen MR) is 77.4 cm³/mol. The summed E-state index contributed by atoms with van der Waals surface area (Å²) in [5, 5.41) is 15.5. The smallest absolute Gasteiger partial charge is 0.453 e. The number of hydrogen-bond acceptors (Lipinski definition) is 6. The van der Waals surface area contributed by atoms with Crippen LogP contribution in [-0.4, -0.2) is 21.9 Å². The molecule has 2 aromatic rings. The molecule has 1 aromatic carbocycles. The molecule has 0 radical (unpaired) electrons. The number of alkyl halides is 3. The summed E-state index contributed by atoms with van der Waals surface area (Å²) in [6, 6.07) is 7.90. The second-order valence-electron chi connectivity index (χ2n) is 4.90. The van der Waals surface area contributed by atoms with Gasteiger partial charge >= 0.3 is 6.18 Å². The SMILES string of the molecule is COc1ccccc1[C@H]1Nc2nc(C(F)(F)F)nn2C(N)=C1C#N. The van der Waals surface area contributed by atoms with Crippen LogP contribution in [0.4, 0.5) is 19.1 Å². The summed E-state index contributed by atoms with van der Waals surface area (Å²) in [4.78, 5) is 3.42. The van der Waals surface area contributed by atoms with Crippen molar-refractivity contribution in [2.45, 2.75) is 12.2 Å². The number of halogens is 3. The Morgan fingerprint density at radius 1 is 1.38 bits per heavy atom. The molecule has 7 nitrogen and oxygen atoms in total. The van der Waals surface area contributed by atoms with E-state index in [0.717, 1.165) is 4.68 Å². The number of nitriles is 1. The fraction of sp³-hybridized carbons (Fsp3) is 0.214. The molecule has 2 heterocycles. The summed E-state index contributed by atoms with van der Waals surface area (Å²) in [6.45, 7) is 0. The van der Waals surface area contributed by atoms with Crippen LogP contribution in [0.3, 0.4) is 0 Å². The number of fused-ring (bicyclic) bond motifs is 1. The number of para-hydroxylation sites is 1. The Hall–Kier alpha value is -3.22. The van der Waals surface area contributed by atoms with Gasteiger partial charge in [0.15, 0.2) is 0 Å². The highest BCUT2D eigenvalue weighted by molar-refractivity contribution is 5.66. The van der Waals surface area contributed by atoms with E-state index in [0.29, 0.717) is 11.3 Å². The molecule has 10 heteroatoms. The Bertz CT molecular complexity index is 864. The summed E-state index contributed by atoms with van der Waals surface area (Å²) >= 11 is 0. The summed E-state index contributed by atoms with van der Waals surface area (Å²) in [7, 11) is 1.45. The number of aromatic nitrogens is 3. The summed E-state index contributed by atoms with van der Waals surface area (Å²) in [5.74, 6) is -1.30. The van der Waals surface area contributed by atoms with Crippen molar-refractivity contribution >= 4 is 11.8 Å². The number of nitrogens with two attached hydrogens (primary N) is 1. The van der Waals surface area contributed by atoms with Crippen molar-refractivity contribution < 1.29 is 17.9 Å². The lowest BCUT2D eigenvalue weighted by Gasteiger charge is -2.26. The van der Waals surface area contributed by atoms with Crippen molar-refractivity contribution in [3.8, 4) is 11.8 Å². The molecule has 24 heavy (non-hydrogen) atoms. The van der Waals surface area contributed by atoms with Gasteiger partial charge in [-0.15, -0.1) is 5.10 Å². The molecule has 0 unspecified atom stereocenters. The number of rotatable bonds is 2. The first kappa shape index (κ1) is 15.7. The van der Waals surface area contributed by atoms with E-state index in [1.165, 1.54) is 7.11 Å². The topological polar surface area (TPSA) is 102 Å². The van der Waals surface area contributed by atoms with Crippen molar-refractivity contribution in [2.24, 2.45) is 5.73 Å². The van der Waals surface area contributed by atoms with Crippen LogP contribution in [0.25, 0.3) is 5.82 Å². The monoisotopic (exact) mass is 336 g/mol. The number of anilines is 1. The van der Waals surface area contributed by atoms with Crippen LogP contribution in [0, 0.1) is 11.3 Å². The average Bonchev–Trinajstić information content (AvgIpc) is 2.99. The maximum atomic E-state index is 12.8. The first-order valence-corrected chi connectivity index (χ1v) is 6.70. The van der Waals surface area contributed by atoms with Gasteiger partial charge in [-0.3, -0.25) is 0 Å². The molecule has 0 saturated heterocycles. The quantitative estimate of drug-likeness (QED) is 0.871. The third-order valence-corrected chi connectivity index (χ3v) is 3.50. The normalized spacial score (nSPS) is 17.0. The van der Waals surface area contributed by atoms with E-state index in [4.69, 9.17) is 10.5 Å². The van der Waals surface area contributed by atoms with Gasteiger partial charge in [0.2, 0.25) is 5.95 Å². The van der Waals surface area contributed by atoms with Crippen molar-refractivity contribution in [2.75, 3.05) is 12.4 Å². The third kappa shape index (κ3) is 2.40. The molecule has 1 aromatic heterocycles. The fourth-order valence-electron chi connectivity index (χ4n) is 2.42. The Labute approximate surface area is 134 Å². The zero-order valence-corrected chi connectivity index (χ0v) is 12.3. The first-order valence-electron chi connectivity index (χ1n) is 6.70. The largest absolute Gasteiger partial charge is 0.496 e. The van der Waals surface area contributed by atoms with Gasteiger partial charge in [-0.25, -0.2) is 0 Å². The van der Waals surface area contributed by atoms with Crippen LogP contribution < -0.4 is 15.8 Å². The molecule has 0 saturated carbocycles. The average molecular weight is 336 g/mol. The lowest BCUT2D eigenvalue weighted by molar-refractivity contribution is -0.144. The molecule has 1 atom stereocenters. The minimum Gasteiger partial charge on any atom is -0.496 e. The number of nitrogens with zero attached hydrogens (tertiary/aromatic N) is 4. The lowest BCUT2D eigenvalue weighted by atomic mass is 9.97. The maximum absolute atomic E-state index is 12.8. The highest BCUT2D eigenvalue weighted by Gasteiger charge is 2.40. The molecule has 1 aliphatic heterocycles. The van der Waals surface area contributed by atoms with Gasteiger partial charge in [-0.05, 0) is 6.07 Å². The van der Waals surface area contributed by atoms with Crippen molar-refractivity contribution in [3.05, 3.63) is 41.2 Å². The van der Waals surface area contributed by atoms with Gasteiger partial charge in [0.1, 0.15) is 17.6 Å². The molecule has 0 spiro atoms. The van der Waals surface area contributed by atoms with E-state index < -0.39 is 18.0 Å². The van der Waals surface area contributed by atoms with Gasteiger partial charge in [0.25, 0.3) is 5.82 Å². The van der Waals surface area contributed by atoms with Crippen LogP contribution in [0.15, 0.2) is 29.8 Å². The summed E-state index contributed by atoms with van der Waals surface area (Å²) in [5.41, 5.74) is 6.41. The van der Waals surface area contributed by atoms with Gasteiger partial charge in [-0.1, -0.05) is 18.2 Å². The fourth-order valence-corrected chi connectivity index (χ4v) is 2.42. The van der Waals surface area contributed by atoms with Gasteiger partial charge < -0.3 is 15.8 Å². The van der Waals surface area contributed by atoms with Gasteiger partial charge in [-0.2, -0.15) is 28.1 Å². The summed E-state index contributed by atoms with van der Waals surface area (Å²) < 4.78 is 44.4. The zero-order chi connectivity index (χ0) is 17.5. The highest BCUT2D eigenvalue weighted by Crippen LogP contribution is 2.38. The number of nitrogens with one attached hydrogen (secondary N) is 1. The Morgan fingerprint density at radius 2 is 2.08 bits per heavy atom. The van der Waals surface area contributed by atoms with E-state index in [2.05, 4.69) is 15.4 Å². The van der Waals surface area contributed by atoms with Crippen molar-refractivity contribution in [3.63, 3.8) is 0 Å². The molecular formula is C14H11F3N6O. The number of benzene rings is 1. The van der Waals surface area contributed by atoms with Crippen LogP contribution in [0.2, 0.25) is 0 Å². The molecule has 0 aliphatic carbocycles. The minimum atomic E-state index is -4.72. The molecule has 124 valence electrons. The molecule has 0 amide bonds. The minimum absolute atomic E-state index is 0.0191. The van der Waals surface area contributed by atoms with E-state index in [-0.39, 0.29) is 17.3 Å². The van der Waals surface area contributed by atoms with Crippen LogP contribution in [-0.2, 0) is 6.18 Å².